The number of aliphatic hydroxyl groups is 1. The van der Waals surface area contributed by atoms with Gasteiger partial charge in [-0.1, -0.05) is 30.3 Å². The topological polar surface area (TPSA) is 88.5 Å². The number of Topliss-reactive ketones (excluding diaryl/α,β-unsaturated/α-hetero) is 1. The Morgan fingerprint density at radius 2 is 1.63 bits per heavy atom. The number of likely N-dealkylation sites (tertiary alicyclic amines) is 1. The van der Waals surface area contributed by atoms with Crippen LogP contribution in [0.25, 0.3) is 16.5 Å². The highest BCUT2D eigenvalue weighted by molar-refractivity contribution is 6.46. The number of benzene rings is 3. The summed E-state index contributed by atoms with van der Waals surface area (Å²) in [4.78, 5) is 30.6. The highest BCUT2D eigenvalue weighted by Crippen LogP contribution is 2.40. The fourth-order valence-electron chi connectivity index (χ4n) is 5.21. The summed E-state index contributed by atoms with van der Waals surface area (Å²) < 4.78 is 16.1. The van der Waals surface area contributed by atoms with Crippen LogP contribution < -0.4 is 9.47 Å². The van der Waals surface area contributed by atoms with Crippen molar-refractivity contribution in [3.8, 4) is 11.5 Å². The Morgan fingerprint density at radius 3 is 2.39 bits per heavy atom. The smallest absolute Gasteiger partial charge is 0.295 e. The second-order valence-electron chi connectivity index (χ2n) is 9.50. The number of nitrogens with zero attached hydrogens (tertiary/aromatic N) is 2. The zero-order chi connectivity index (χ0) is 26.6. The van der Waals surface area contributed by atoms with E-state index in [1.165, 1.54) is 0 Å². The van der Waals surface area contributed by atoms with E-state index in [1.807, 2.05) is 54.6 Å². The average Bonchev–Trinajstić information content (AvgIpc) is 3.22. The third-order valence-electron chi connectivity index (χ3n) is 7.25. The van der Waals surface area contributed by atoms with Gasteiger partial charge in [0, 0.05) is 31.7 Å². The number of carbonyl (C=O) groups excluding carboxylic acids is 2. The van der Waals surface area contributed by atoms with Gasteiger partial charge in [-0.2, -0.15) is 0 Å². The lowest BCUT2D eigenvalue weighted by Crippen LogP contribution is -2.38. The maximum absolute atomic E-state index is 13.4. The molecule has 5 rings (SSSR count). The molecule has 3 aromatic carbocycles. The molecule has 2 heterocycles. The van der Waals surface area contributed by atoms with E-state index in [0.717, 1.165) is 36.2 Å². The summed E-state index contributed by atoms with van der Waals surface area (Å²) >= 11 is 0. The molecule has 38 heavy (non-hydrogen) atoms. The zero-order valence-corrected chi connectivity index (χ0v) is 21.7. The average molecular weight is 517 g/mol. The van der Waals surface area contributed by atoms with Crippen molar-refractivity contribution in [2.24, 2.45) is 0 Å². The number of ether oxygens (including phenoxy) is 3. The fraction of sp³-hybridized carbons (Fsp3) is 0.333. The van der Waals surface area contributed by atoms with Crippen LogP contribution in [0.5, 0.6) is 11.5 Å². The first-order chi connectivity index (χ1) is 18.5. The normalized spacial score (nSPS) is 19.7. The zero-order valence-electron chi connectivity index (χ0n) is 21.7. The molecule has 198 valence electrons. The van der Waals surface area contributed by atoms with E-state index in [1.54, 1.807) is 25.2 Å². The molecule has 0 aromatic heterocycles. The van der Waals surface area contributed by atoms with Gasteiger partial charge in [0.1, 0.15) is 17.3 Å². The first-order valence-corrected chi connectivity index (χ1v) is 12.8. The number of ketones is 1. The number of morpholine rings is 1. The summed E-state index contributed by atoms with van der Waals surface area (Å²) in [5.74, 6) is -0.135. The maximum Gasteiger partial charge on any atom is 0.295 e. The number of aliphatic hydroxyl groups excluding tert-OH is 1. The molecule has 0 radical (unpaired) electrons. The number of rotatable bonds is 8. The molecular weight excluding hydrogens is 484 g/mol. The third kappa shape index (κ3) is 5.10. The third-order valence-corrected chi connectivity index (χ3v) is 7.25. The SMILES string of the molecule is COc1cccc(C2/C(=C(\O)c3ccc4cc(OC)ccc4c3)C(=O)C(=O)N2CCCN2CCOCC2)c1. The Bertz CT molecular complexity index is 1380. The van der Waals surface area contributed by atoms with Gasteiger partial charge in [-0.25, -0.2) is 0 Å². The van der Waals surface area contributed by atoms with Crippen molar-refractivity contribution in [2.75, 3.05) is 53.6 Å². The Morgan fingerprint density at radius 1 is 0.921 bits per heavy atom. The Hall–Kier alpha value is -3.88. The minimum Gasteiger partial charge on any atom is -0.507 e. The Kier molecular flexibility index (Phi) is 7.62. The van der Waals surface area contributed by atoms with Crippen molar-refractivity contribution in [3.63, 3.8) is 0 Å². The van der Waals surface area contributed by atoms with Gasteiger partial charge in [0.25, 0.3) is 11.7 Å². The quantitative estimate of drug-likeness (QED) is 0.275. The first kappa shape index (κ1) is 25.8. The molecule has 8 nitrogen and oxygen atoms in total. The number of hydrogen-bond donors (Lipinski definition) is 1. The van der Waals surface area contributed by atoms with E-state index in [0.29, 0.717) is 43.1 Å². The lowest BCUT2D eigenvalue weighted by atomic mass is 9.94. The lowest BCUT2D eigenvalue weighted by molar-refractivity contribution is -0.140. The summed E-state index contributed by atoms with van der Waals surface area (Å²) in [5, 5.41) is 13.3. The van der Waals surface area contributed by atoms with Gasteiger partial charge in [0.15, 0.2) is 0 Å². The fourth-order valence-corrected chi connectivity index (χ4v) is 5.21. The van der Waals surface area contributed by atoms with Crippen LogP contribution in [0.1, 0.15) is 23.6 Å². The van der Waals surface area contributed by atoms with E-state index < -0.39 is 17.7 Å². The van der Waals surface area contributed by atoms with Crippen molar-refractivity contribution in [1.82, 2.24) is 9.80 Å². The minimum absolute atomic E-state index is 0.0856. The molecule has 0 aliphatic carbocycles. The molecule has 1 unspecified atom stereocenters. The summed E-state index contributed by atoms with van der Waals surface area (Å²) in [6.07, 6.45) is 0.700. The van der Waals surface area contributed by atoms with Gasteiger partial charge in [-0.15, -0.1) is 0 Å². The molecule has 2 saturated heterocycles. The van der Waals surface area contributed by atoms with Crippen LogP contribution in [0.3, 0.4) is 0 Å². The largest absolute Gasteiger partial charge is 0.507 e. The van der Waals surface area contributed by atoms with E-state index in [9.17, 15) is 14.7 Å². The molecule has 1 amide bonds. The molecule has 8 heteroatoms. The molecule has 0 spiro atoms. The standard InChI is InChI=1S/C30H32N2O6/c1-36-24-6-3-5-22(19-24)27-26(28(33)23-8-7-21-18-25(37-2)10-9-20(21)17-23)29(34)30(35)32(27)12-4-11-31-13-15-38-16-14-31/h3,5-10,17-19,27,33H,4,11-16H2,1-2H3/b28-26+. The van der Waals surface area contributed by atoms with Crippen molar-refractivity contribution >= 4 is 28.2 Å². The number of amides is 1. The number of fused-ring (bicyclic) bond motifs is 1. The van der Waals surface area contributed by atoms with Crippen molar-refractivity contribution in [1.29, 1.82) is 0 Å². The van der Waals surface area contributed by atoms with Crippen LogP contribution in [0.2, 0.25) is 0 Å². The molecule has 3 aromatic rings. The summed E-state index contributed by atoms with van der Waals surface area (Å²) in [5.41, 5.74) is 1.27. The van der Waals surface area contributed by atoms with Crippen LogP contribution in [-0.2, 0) is 14.3 Å². The summed E-state index contributed by atoms with van der Waals surface area (Å²) in [6, 6.07) is 17.7. The number of methoxy groups -OCH3 is 2. The maximum atomic E-state index is 13.4. The Labute approximate surface area is 222 Å². The summed E-state index contributed by atoms with van der Waals surface area (Å²) in [6.45, 7) is 4.29. The van der Waals surface area contributed by atoms with Gasteiger partial charge in [-0.3, -0.25) is 14.5 Å². The number of hydrogen-bond acceptors (Lipinski definition) is 7. The molecule has 2 aliphatic heterocycles. The highest BCUT2D eigenvalue weighted by Gasteiger charge is 2.46. The number of carbonyl (C=O) groups is 2. The molecule has 0 saturated carbocycles. The Balaban J connectivity index is 1.52. The van der Waals surface area contributed by atoms with E-state index in [2.05, 4.69) is 4.90 Å². The van der Waals surface area contributed by atoms with Crippen LogP contribution in [0.15, 0.2) is 66.2 Å². The second kappa shape index (κ2) is 11.2. The van der Waals surface area contributed by atoms with Crippen molar-refractivity contribution < 1.29 is 28.9 Å². The minimum atomic E-state index is -0.721. The van der Waals surface area contributed by atoms with E-state index in [-0.39, 0.29) is 11.3 Å². The van der Waals surface area contributed by atoms with Crippen LogP contribution in [0.4, 0.5) is 0 Å². The van der Waals surface area contributed by atoms with Gasteiger partial charge in [-0.05, 0) is 53.1 Å². The summed E-state index contributed by atoms with van der Waals surface area (Å²) in [7, 11) is 3.18. The van der Waals surface area contributed by atoms with Crippen LogP contribution in [0, 0.1) is 0 Å². The molecule has 1 atom stereocenters. The van der Waals surface area contributed by atoms with Gasteiger partial charge < -0.3 is 24.2 Å². The highest BCUT2D eigenvalue weighted by atomic mass is 16.5. The molecule has 1 N–H and O–H groups in total. The predicted octanol–water partition coefficient (Wildman–Crippen LogP) is 4.00. The van der Waals surface area contributed by atoms with Gasteiger partial charge >= 0.3 is 0 Å². The second-order valence-corrected chi connectivity index (χ2v) is 9.50. The van der Waals surface area contributed by atoms with Crippen LogP contribution in [-0.4, -0.2) is 80.2 Å². The molecule has 2 fully saturated rings. The lowest BCUT2D eigenvalue weighted by Gasteiger charge is -2.29. The monoisotopic (exact) mass is 516 g/mol. The first-order valence-electron chi connectivity index (χ1n) is 12.8. The van der Waals surface area contributed by atoms with E-state index >= 15 is 0 Å². The molecule has 0 bridgehead atoms. The predicted molar refractivity (Wildman–Crippen MR) is 144 cm³/mol. The van der Waals surface area contributed by atoms with Crippen molar-refractivity contribution in [2.45, 2.75) is 12.5 Å². The molecule has 2 aliphatic rings. The van der Waals surface area contributed by atoms with Gasteiger partial charge in [0.05, 0.1) is 39.0 Å². The van der Waals surface area contributed by atoms with Crippen molar-refractivity contribution in [3.05, 3.63) is 77.4 Å². The van der Waals surface area contributed by atoms with Gasteiger partial charge in [0.2, 0.25) is 0 Å². The van der Waals surface area contributed by atoms with Crippen LogP contribution >= 0.6 is 0 Å². The van der Waals surface area contributed by atoms with E-state index in [4.69, 9.17) is 14.2 Å². The molecular formula is C30H32N2O6.